The summed E-state index contributed by atoms with van der Waals surface area (Å²) in [5, 5.41) is 1.48. The van der Waals surface area contributed by atoms with Crippen LogP contribution < -0.4 is 10.5 Å². The van der Waals surface area contributed by atoms with Gasteiger partial charge in [-0.3, -0.25) is 0 Å². The van der Waals surface area contributed by atoms with Crippen molar-refractivity contribution in [1.29, 1.82) is 0 Å². The van der Waals surface area contributed by atoms with Crippen molar-refractivity contribution in [1.82, 2.24) is 4.98 Å². The molecule has 0 saturated heterocycles. The third kappa shape index (κ3) is 2.61. The third-order valence-corrected chi connectivity index (χ3v) is 4.12. The van der Waals surface area contributed by atoms with Crippen LogP contribution in [0.5, 0.6) is 10.9 Å². The summed E-state index contributed by atoms with van der Waals surface area (Å²) >= 11 is 13.2. The van der Waals surface area contributed by atoms with Gasteiger partial charge in [-0.2, -0.15) is 0 Å². The molecule has 19 heavy (non-hydrogen) atoms. The molecule has 0 unspecified atom stereocenters. The molecule has 0 bridgehead atoms. The summed E-state index contributed by atoms with van der Waals surface area (Å²) in [5.41, 5.74) is 7.29. The van der Waals surface area contributed by atoms with Gasteiger partial charge in [0.15, 0.2) is 0 Å². The molecule has 0 saturated carbocycles. The number of aromatic nitrogens is 1. The van der Waals surface area contributed by atoms with Crippen LogP contribution >= 0.6 is 34.5 Å². The summed E-state index contributed by atoms with van der Waals surface area (Å²) in [7, 11) is 0. The minimum absolute atomic E-state index is 0.449. The van der Waals surface area contributed by atoms with E-state index < -0.39 is 0 Å². The Hall–Kier alpha value is -1.49. The first-order valence-electron chi connectivity index (χ1n) is 5.41. The number of benzene rings is 2. The van der Waals surface area contributed by atoms with Gasteiger partial charge in [0.25, 0.3) is 5.19 Å². The van der Waals surface area contributed by atoms with E-state index >= 15 is 0 Å². The second-order valence-electron chi connectivity index (χ2n) is 3.88. The summed E-state index contributed by atoms with van der Waals surface area (Å²) in [5.74, 6) is 0.599. The molecule has 0 aliphatic heterocycles. The van der Waals surface area contributed by atoms with Gasteiger partial charge in [0.1, 0.15) is 5.75 Å². The maximum absolute atomic E-state index is 5.93. The number of nitrogens with zero attached hydrogens (tertiary/aromatic N) is 1. The number of nitrogen functional groups attached to an aromatic ring is 1. The predicted octanol–water partition coefficient (Wildman–Crippen LogP) is 4.98. The van der Waals surface area contributed by atoms with Crippen molar-refractivity contribution < 1.29 is 4.74 Å². The fraction of sp³-hybridized carbons (Fsp3) is 0. The number of thiazole rings is 1. The van der Waals surface area contributed by atoms with Gasteiger partial charge >= 0.3 is 0 Å². The maximum Gasteiger partial charge on any atom is 0.279 e. The van der Waals surface area contributed by atoms with Gasteiger partial charge in [-0.25, -0.2) is 4.98 Å². The largest absolute Gasteiger partial charge is 0.431 e. The highest BCUT2D eigenvalue weighted by Crippen LogP contribution is 2.34. The van der Waals surface area contributed by atoms with Crippen LogP contribution in [-0.4, -0.2) is 4.98 Å². The van der Waals surface area contributed by atoms with Gasteiger partial charge in [0.2, 0.25) is 0 Å². The highest BCUT2D eigenvalue weighted by atomic mass is 35.5. The zero-order valence-corrected chi connectivity index (χ0v) is 11.9. The van der Waals surface area contributed by atoms with E-state index in [0.29, 0.717) is 26.7 Å². The Morgan fingerprint density at radius 2 is 1.89 bits per heavy atom. The van der Waals surface area contributed by atoms with E-state index in [1.165, 1.54) is 11.3 Å². The van der Waals surface area contributed by atoms with Crippen LogP contribution in [0, 0.1) is 0 Å². The molecule has 0 radical (unpaired) electrons. The minimum Gasteiger partial charge on any atom is -0.431 e. The lowest BCUT2D eigenvalue weighted by Crippen LogP contribution is -1.83. The first kappa shape index (κ1) is 12.5. The summed E-state index contributed by atoms with van der Waals surface area (Å²) in [4.78, 5) is 4.37. The van der Waals surface area contributed by atoms with E-state index in [0.717, 1.165) is 10.2 Å². The fourth-order valence-electron chi connectivity index (χ4n) is 1.60. The van der Waals surface area contributed by atoms with Crippen LogP contribution in [0.15, 0.2) is 36.4 Å². The number of nitrogens with two attached hydrogens (primary N) is 1. The highest BCUT2D eigenvalue weighted by Gasteiger charge is 2.07. The van der Waals surface area contributed by atoms with Gasteiger partial charge in [-0.1, -0.05) is 34.5 Å². The van der Waals surface area contributed by atoms with Gasteiger partial charge in [-0.15, -0.1) is 0 Å². The molecule has 0 atom stereocenters. The normalized spacial score (nSPS) is 10.8. The lowest BCUT2D eigenvalue weighted by molar-refractivity contribution is 0.480. The standard InChI is InChI=1S/C13H8Cl2N2OS/c14-9-3-2-8(6-10(9)15)18-13-17-11-4-1-7(16)5-12(11)19-13/h1-6H,16H2. The predicted molar refractivity (Wildman–Crippen MR) is 80.6 cm³/mol. The van der Waals surface area contributed by atoms with Crippen LogP contribution in [-0.2, 0) is 0 Å². The van der Waals surface area contributed by atoms with Gasteiger partial charge in [0.05, 0.1) is 20.3 Å². The molecular weight excluding hydrogens is 303 g/mol. The monoisotopic (exact) mass is 310 g/mol. The molecule has 3 rings (SSSR count). The van der Waals surface area contributed by atoms with E-state index in [9.17, 15) is 0 Å². The van der Waals surface area contributed by atoms with E-state index in [-0.39, 0.29) is 0 Å². The highest BCUT2D eigenvalue weighted by molar-refractivity contribution is 7.20. The molecule has 0 aliphatic rings. The van der Waals surface area contributed by atoms with E-state index in [1.54, 1.807) is 18.2 Å². The Labute approximate surface area is 123 Å². The molecule has 0 fully saturated rings. The Balaban J connectivity index is 1.94. The van der Waals surface area contributed by atoms with Gasteiger partial charge in [-0.05, 0) is 30.3 Å². The molecule has 3 aromatic rings. The van der Waals surface area contributed by atoms with Crippen LogP contribution in [0.4, 0.5) is 5.69 Å². The van der Waals surface area contributed by atoms with Gasteiger partial charge < -0.3 is 10.5 Å². The van der Waals surface area contributed by atoms with Crippen LogP contribution in [0.1, 0.15) is 0 Å². The molecule has 2 N–H and O–H groups in total. The molecule has 0 amide bonds. The quantitative estimate of drug-likeness (QED) is 0.679. The summed E-state index contributed by atoms with van der Waals surface area (Å²) < 4.78 is 6.64. The first-order valence-corrected chi connectivity index (χ1v) is 6.98. The maximum atomic E-state index is 5.93. The van der Waals surface area contributed by atoms with Crippen LogP contribution in [0.2, 0.25) is 10.0 Å². The summed E-state index contributed by atoms with van der Waals surface area (Å²) in [6.07, 6.45) is 0. The Kier molecular flexibility index (Phi) is 3.22. The van der Waals surface area contributed by atoms with Crippen molar-refractivity contribution in [2.24, 2.45) is 0 Å². The van der Waals surface area contributed by atoms with Crippen molar-refractivity contribution in [3.05, 3.63) is 46.4 Å². The molecule has 3 nitrogen and oxygen atoms in total. The van der Waals surface area contributed by atoms with Gasteiger partial charge in [0, 0.05) is 11.8 Å². The van der Waals surface area contributed by atoms with E-state index in [2.05, 4.69) is 4.98 Å². The number of hydrogen-bond donors (Lipinski definition) is 1. The number of halogens is 2. The minimum atomic E-state index is 0.449. The van der Waals surface area contributed by atoms with E-state index in [4.69, 9.17) is 33.7 Å². The summed E-state index contributed by atoms with van der Waals surface area (Å²) in [6.45, 7) is 0. The molecule has 2 aromatic carbocycles. The third-order valence-electron chi connectivity index (χ3n) is 2.49. The second-order valence-corrected chi connectivity index (χ2v) is 5.69. The zero-order chi connectivity index (χ0) is 13.4. The lowest BCUT2D eigenvalue weighted by Gasteiger charge is -2.02. The molecule has 0 aliphatic carbocycles. The van der Waals surface area contributed by atoms with E-state index in [1.807, 2.05) is 18.2 Å². The molecule has 0 spiro atoms. The second kappa shape index (κ2) is 4.89. The topological polar surface area (TPSA) is 48.1 Å². The Bertz CT molecular complexity index is 757. The molecule has 1 aromatic heterocycles. The number of ether oxygens (including phenoxy) is 1. The average Bonchev–Trinajstić information content (AvgIpc) is 2.75. The van der Waals surface area contributed by atoms with Crippen molar-refractivity contribution in [2.75, 3.05) is 5.73 Å². The molecule has 6 heteroatoms. The van der Waals surface area contributed by atoms with Crippen molar-refractivity contribution in [3.8, 4) is 10.9 Å². The number of hydrogen-bond acceptors (Lipinski definition) is 4. The smallest absolute Gasteiger partial charge is 0.279 e. The summed E-state index contributed by atoms with van der Waals surface area (Å²) in [6, 6.07) is 10.6. The Morgan fingerprint density at radius 1 is 1.05 bits per heavy atom. The lowest BCUT2D eigenvalue weighted by atomic mass is 10.3. The Morgan fingerprint density at radius 3 is 2.68 bits per heavy atom. The number of anilines is 1. The zero-order valence-electron chi connectivity index (χ0n) is 9.56. The van der Waals surface area contributed by atoms with Crippen molar-refractivity contribution in [2.45, 2.75) is 0 Å². The van der Waals surface area contributed by atoms with Crippen LogP contribution in [0.3, 0.4) is 0 Å². The SMILES string of the molecule is Nc1ccc2nc(Oc3ccc(Cl)c(Cl)c3)sc2c1. The average molecular weight is 311 g/mol. The van der Waals surface area contributed by atoms with Crippen molar-refractivity contribution in [3.63, 3.8) is 0 Å². The number of fused-ring (bicyclic) bond motifs is 1. The fourth-order valence-corrected chi connectivity index (χ4v) is 2.78. The molecule has 1 heterocycles. The molecular formula is C13H8Cl2N2OS. The van der Waals surface area contributed by atoms with Crippen molar-refractivity contribution >= 4 is 50.4 Å². The first-order chi connectivity index (χ1) is 9.11. The number of rotatable bonds is 2. The van der Waals surface area contributed by atoms with Crippen LogP contribution in [0.25, 0.3) is 10.2 Å². The molecule has 96 valence electrons.